The van der Waals surface area contributed by atoms with Crippen LogP contribution in [0, 0.1) is 5.82 Å². The van der Waals surface area contributed by atoms with E-state index in [1.54, 1.807) is 4.57 Å². The lowest BCUT2D eigenvalue weighted by molar-refractivity contribution is 0.0695. The molecule has 31 heavy (non-hydrogen) atoms. The highest BCUT2D eigenvalue weighted by atomic mass is 19.1. The van der Waals surface area contributed by atoms with Gasteiger partial charge < -0.3 is 25.0 Å². The number of methoxy groups -OCH3 is 1. The second-order valence-electron chi connectivity index (χ2n) is 8.07. The minimum atomic E-state index is -1.31. The molecule has 8 heteroatoms. The second kappa shape index (κ2) is 10.6. The van der Waals surface area contributed by atoms with E-state index in [-0.39, 0.29) is 28.4 Å². The first-order chi connectivity index (χ1) is 15.0. The number of carboxylic acids is 1. The van der Waals surface area contributed by atoms with Crippen molar-refractivity contribution in [2.24, 2.45) is 0 Å². The van der Waals surface area contributed by atoms with Crippen LogP contribution in [-0.4, -0.2) is 42.4 Å². The number of unbranched alkanes of at least 4 members (excludes halogenated alkanes) is 3. The van der Waals surface area contributed by atoms with Crippen molar-refractivity contribution in [2.75, 3.05) is 32.1 Å². The maximum Gasteiger partial charge on any atom is 0.341 e. The summed E-state index contributed by atoms with van der Waals surface area (Å²) in [4.78, 5) is 24.2. The van der Waals surface area contributed by atoms with Gasteiger partial charge in [0.1, 0.15) is 11.3 Å². The van der Waals surface area contributed by atoms with Crippen molar-refractivity contribution in [1.29, 1.82) is 0 Å². The molecule has 0 atom stereocenters. The molecule has 1 heterocycles. The maximum absolute atomic E-state index is 14.9. The molecule has 1 aliphatic carbocycles. The van der Waals surface area contributed by atoms with E-state index >= 15 is 0 Å². The normalized spacial score (nSPS) is 13.5. The van der Waals surface area contributed by atoms with Gasteiger partial charge in [-0.25, -0.2) is 9.18 Å². The highest BCUT2D eigenvalue weighted by Gasteiger charge is 2.30. The van der Waals surface area contributed by atoms with Crippen LogP contribution in [0.4, 0.5) is 10.1 Å². The number of pyridine rings is 1. The first-order valence-corrected chi connectivity index (χ1v) is 11.1. The van der Waals surface area contributed by atoms with E-state index in [9.17, 15) is 19.1 Å². The van der Waals surface area contributed by atoms with Crippen molar-refractivity contribution >= 4 is 22.6 Å². The number of nitrogens with zero attached hydrogens (tertiary/aromatic N) is 1. The van der Waals surface area contributed by atoms with E-state index < -0.39 is 17.2 Å². The summed E-state index contributed by atoms with van der Waals surface area (Å²) in [6.45, 7) is 4.54. The minimum Gasteiger partial charge on any atom is -0.492 e. The van der Waals surface area contributed by atoms with Gasteiger partial charge in [0.05, 0.1) is 18.0 Å². The first-order valence-electron chi connectivity index (χ1n) is 11.1. The predicted octanol–water partition coefficient (Wildman–Crippen LogP) is 4.15. The van der Waals surface area contributed by atoms with Crippen molar-refractivity contribution in [3.8, 4) is 5.75 Å². The average molecular weight is 434 g/mol. The lowest BCUT2D eigenvalue weighted by atomic mass is 10.1. The number of ether oxygens (including phenoxy) is 1. The number of aromatic nitrogens is 1. The van der Waals surface area contributed by atoms with Gasteiger partial charge in [0.2, 0.25) is 5.43 Å². The van der Waals surface area contributed by atoms with Crippen LogP contribution in [0.15, 0.2) is 17.1 Å². The molecule has 0 unspecified atom stereocenters. The largest absolute Gasteiger partial charge is 0.492 e. The Bertz CT molecular complexity index is 985. The molecule has 0 amide bonds. The summed E-state index contributed by atoms with van der Waals surface area (Å²) >= 11 is 0. The van der Waals surface area contributed by atoms with E-state index in [4.69, 9.17) is 4.74 Å². The number of aromatic carboxylic acids is 1. The molecule has 3 rings (SSSR count). The molecule has 1 fully saturated rings. The van der Waals surface area contributed by atoms with E-state index in [0.29, 0.717) is 12.1 Å². The second-order valence-corrected chi connectivity index (χ2v) is 8.07. The van der Waals surface area contributed by atoms with Gasteiger partial charge >= 0.3 is 5.97 Å². The monoisotopic (exact) mass is 433 g/mol. The van der Waals surface area contributed by atoms with Crippen LogP contribution < -0.4 is 20.8 Å². The number of hydrogen-bond donors (Lipinski definition) is 3. The summed E-state index contributed by atoms with van der Waals surface area (Å²) in [5, 5.41) is 15.9. The molecule has 0 saturated heterocycles. The van der Waals surface area contributed by atoms with E-state index in [0.717, 1.165) is 44.8 Å². The fraction of sp³-hybridized carbons (Fsp3) is 0.565. The average Bonchev–Trinajstić information content (AvgIpc) is 3.58. The summed E-state index contributed by atoms with van der Waals surface area (Å²) in [6, 6.07) is 1.21. The number of hydrogen-bond acceptors (Lipinski definition) is 5. The van der Waals surface area contributed by atoms with Gasteiger partial charge in [-0.05, 0) is 44.8 Å². The van der Waals surface area contributed by atoms with E-state index in [2.05, 4.69) is 17.6 Å². The van der Waals surface area contributed by atoms with Gasteiger partial charge in [-0.15, -0.1) is 0 Å². The summed E-state index contributed by atoms with van der Waals surface area (Å²) in [5.74, 6) is -1.70. The number of carboxylic acid groups (broad SMARTS) is 1. The van der Waals surface area contributed by atoms with E-state index in [1.165, 1.54) is 32.6 Å². The molecule has 0 radical (unpaired) electrons. The molecular weight excluding hydrogens is 401 g/mol. The smallest absolute Gasteiger partial charge is 0.341 e. The molecule has 0 aliphatic heterocycles. The third kappa shape index (κ3) is 5.36. The predicted molar refractivity (Wildman–Crippen MR) is 120 cm³/mol. The number of halogens is 1. The number of anilines is 1. The van der Waals surface area contributed by atoms with Crippen LogP contribution in [0.3, 0.4) is 0 Å². The van der Waals surface area contributed by atoms with Crippen molar-refractivity contribution in [2.45, 2.75) is 57.9 Å². The van der Waals surface area contributed by atoms with Gasteiger partial charge in [-0.3, -0.25) is 4.79 Å². The third-order valence-corrected chi connectivity index (χ3v) is 5.64. The topological polar surface area (TPSA) is 92.6 Å². The Hall–Kier alpha value is -2.61. The summed E-state index contributed by atoms with van der Waals surface area (Å²) in [7, 11) is 1.43. The zero-order chi connectivity index (χ0) is 22.4. The minimum absolute atomic E-state index is 0.0282. The number of carbonyl (C=O) groups is 1. The summed E-state index contributed by atoms with van der Waals surface area (Å²) in [6.07, 6.45) is 8.78. The van der Waals surface area contributed by atoms with Crippen LogP contribution in [0.1, 0.15) is 68.3 Å². The number of fused-ring (bicyclic) bond motifs is 1. The molecular formula is C23H32FN3O4. The fourth-order valence-electron chi connectivity index (χ4n) is 3.84. The van der Waals surface area contributed by atoms with Crippen molar-refractivity contribution in [1.82, 2.24) is 9.88 Å². The van der Waals surface area contributed by atoms with Crippen LogP contribution in [0.25, 0.3) is 10.9 Å². The fourth-order valence-corrected chi connectivity index (χ4v) is 3.84. The molecule has 3 N–H and O–H groups in total. The highest BCUT2D eigenvalue weighted by Crippen LogP contribution is 2.42. The van der Waals surface area contributed by atoms with E-state index in [1.807, 2.05) is 0 Å². The SMILES string of the molecule is CCCCCCNCCCNc1c(F)cc2c(=O)c(C(=O)O)cn(C3CC3)c2c1OC. The lowest BCUT2D eigenvalue weighted by Crippen LogP contribution is -2.21. The molecule has 1 aliphatic rings. The Morgan fingerprint density at radius 2 is 1.97 bits per heavy atom. The van der Waals surface area contributed by atoms with Gasteiger partial charge in [0.25, 0.3) is 0 Å². The molecule has 1 aromatic heterocycles. The van der Waals surface area contributed by atoms with Crippen molar-refractivity contribution in [3.05, 3.63) is 33.9 Å². The van der Waals surface area contributed by atoms with Crippen LogP contribution in [-0.2, 0) is 0 Å². The molecule has 2 aromatic rings. The lowest BCUT2D eigenvalue weighted by Gasteiger charge is -2.19. The first kappa shape index (κ1) is 23.1. The molecule has 0 bridgehead atoms. The molecule has 0 spiro atoms. The standard InChI is InChI=1S/C23H32FN3O4/c1-3-4-5-6-10-25-11-7-12-26-19-18(24)13-16-20(22(19)31-2)27(15-8-9-15)14-17(21(16)28)23(29)30/h13-15,25-26H,3-12H2,1-2H3,(H,29,30). The van der Waals surface area contributed by atoms with Gasteiger partial charge in [0.15, 0.2) is 11.6 Å². The zero-order valence-corrected chi connectivity index (χ0v) is 18.3. The Labute approximate surface area is 181 Å². The Morgan fingerprint density at radius 3 is 2.61 bits per heavy atom. The maximum atomic E-state index is 14.9. The van der Waals surface area contributed by atoms with Gasteiger partial charge in [-0.1, -0.05) is 26.2 Å². The van der Waals surface area contributed by atoms with Crippen molar-refractivity contribution in [3.63, 3.8) is 0 Å². The summed E-state index contributed by atoms with van der Waals surface area (Å²) in [5.41, 5.74) is -0.408. The number of nitrogens with one attached hydrogen (secondary N) is 2. The molecule has 170 valence electrons. The third-order valence-electron chi connectivity index (χ3n) is 5.64. The van der Waals surface area contributed by atoms with Crippen molar-refractivity contribution < 1.29 is 19.0 Å². The summed E-state index contributed by atoms with van der Waals surface area (Å²) < 4.78 is 22.2. The highest BCUT2D eigenvalue weighted by molar-refractivity contribution is 5.97. The zero-order valence-electron chi connectivity index (χ0n) is 18.3. The quantitative estimate of drug-likeness (QED) is 0.411. The molecule has 1 saturated carbocycles. The van der Waals surface area contributed by atoms with Gasteiger partial charge in [0, 0.05) is 18.8 Å². The molecule has 1 aromatic carbocycles. The number of benzene rings is 1. The Kier molecular flexibility index (Phi) is 7.90. The van der Waals surface area contributed by atoms with Crippen LogP contribution in [0.5, 0.6) is 5.75 Å². The Morgan fingerprint density at radius 1 is 1.23 bits per heavy atom. The van der Waals surface area contributed by atoms with Crippen LogP contribution in [0.2, 0.25) is 0 Å². The van der Waals surface area contributed by atoms with Crippen LogP contribution >= 0.6 is 0 Å². The van der Waals surface area contributed by atoms with Gasteiger partial charge in [-0.2, -0.15) is 0 Å². The molecule has 7 nitrogen and oxygen atoms in total. The number of rotatable bonds is 13. The Balaban J connectivity index is 1.79.